The topological polar surface area (TPSA) is 36.4 Å². The lowest BCUT2D eigenvalue weighted by Crippen LogP contribution is -2.38. The third kappa shape index (κ3) is 2.25. The van der Waals surface area contributed by atoms with Crippen LogP contribution in [0.15, 0.2) is 22.9 Å². The van der Waals surface area contributed by atoms with Gasteiger partial charge in [0.15, 0.2) is 0 Å². The molecular formula is C10H13BrN2O. The summed E-state index contributed by atoms with van der Waals surface area (Å²) < 4.78 is 0.843. The summed E-state index contributed by atoms with van der Waals surface area (Å²) in [6, 6.07) is 3.96. The molecule has 2 heterocycles. The van der Waals surface area contributed by atoms with E-state index in [1.165, 1.54) is 0 Å². The first-order valence-electron chi connectivity index (χ1n) is 4.80. The van der Waals surface area contributed by atoms with Gasteiger partial charge in [0.05, 0.1) is 6.10 Å². The Labute approximate surface area is 91.9 Å². The van der Waals surface area contributed by atoms with Gasteiger partial charge in [0, 0.05) is 25.0 Å². The summed E-state index contributed by atoms with van der Waals surface area (Å²) in [5.74, 6) is 0. The van der Waals surface area contributed by atoms with Crippen molar-refractivity contribution in [2.24, 2.45) is 0 Å². The normalized spacial score (nSPS) is 22.4. The van der Waals surface area contributed by atoms with Crippen molar-refractivity contribution in [2.45, 2.75) is 18.9 Å². The minimum absolute atomic E-state index is 0.185. The number of hydrogen-bond donors (Lipinski definition) is 1. The second-order valence-electron chi connectivity index (χ2n) is 3.58. The van der Waals surface area contributed by atoms with Crippen molar-refractivity contribution in [1.82, 2.24) is 4.98 Å². The van der Waals surface area contributed by atoms with Crippen LogP contribution < -0.4 is 4.90 Å². The molecule has 3 nitrogen and oxygen atoms in total. The van der Waals surface area contributed by atoms with E-state index in [0.717, 1.165) is 36.2 Å². The second kappa shape index (κ2) is 4.28. The van der Waals surface area contributed by atoms with E-state index < -0.39 is 0 Å². The number of pyridine rings is 1. The van der Waals surface area contributed by atoms with Gasteiger partial charge < -0.3 is 10.0 Å². The largest absolute Gasteiger partial charge is 0.391 e. The highest BCUT2D eigenvalue weighted by Crippen LogP contribution is 2.21. The number of nitrogens with zero attached hydrogens (tertiary/aromatic N) is 2. The van der Waals surface area contributed by atoms with Crippen LogP contribution >= 0.6 is 15.9 Å². The van der Waals surface area contributed by atoms with Crippen LogP contribution in [-0.2, 0) is 0 Å². The summed E-state index contributed by atoms with van der Waals surface area (Å²) in [5, 5.41) is 9.54. The number of β-amino-alcohol motifs (C(OH)–C–C–N with tert-alkyl or cyclic N) is 1. The van der Waals surface area contributed by atoms with E-state index in [0.29, 0.717) is 0 Å². The average molecular weight is 257 g/mol. The molecule has 0 aromatic carbocycles. The lowest BCUT2D eigenvalue weighted by Gasteiger charge is -2.31. The van der Waals surface area contributed by atoms with Crippen molar-refractivity contribution in [3.63, 3.8) is 0 Å². The van der Waals surface area contributed by atoms with Crippen LogP contribution in [-0.4, -0.2) is 29.3 Å². The number of piperidine rings is 1. The summed E-state index contributed by atoms with van der Waals surface area (Å²) in [5.41, 5.74) is 1.13. The smallest absolute Gasteiger partial charge is 0.108 e. The van der Waals surface area contributed by atoms with Crippen molar-refractivity contribution < 1.29 is 5.11 Å². The SMILES string of the molecule is OC1CCCN(c2ccnc(Br)c2)C1. The molecule has 1 fully saturated rings. The lowest BCUT2D eigenvalue weighted by atomic mass is 10.1. The molecular weight excluding hydrogens is 244 g/mol. The van der Waals surface area contributed by atoms with Gasteiger partial charge in [-0.15, -0.1) is 0 Å². The Morgan fingerprint density at radius 2 is 2.43 bits per heavy atom. The van der Waals surface area contributed by atoms with E-state index in [1.54, 1.807) is 6.20 Å². The molecule has 0 saturated carbocycles. The van der Waals surface area contributed by atoms with Gasteiger partial charge >= 0.3 is 0 Å². The maximum absolute atomic E-state index is 9.54. The first-order chi connectivity index (χ1) is 6.75. The van der Waals surface area contributed by atoms with Crippen molar-refractivity contribution in [3.05, 3.63) is 22.9 Å². The Bertz CT molecular complexity index is 319. The number of aliphatic hydroxyl groups excluding tert-OH is 1. The minimum atomic E-state index is -0.185. The Kier molecular flexibility index (Phi) is 3.03. The molecule has 4 heteroatoms. The maximum Gasteiger partial charge on any atom is 0.108 e. The van der Waals surface area contributed by atoms with Gasteiger partial charge in [-0.05, 0) is 40.9 Å². The predicted octanol–water partition coefficient (Wildman–Crippen LogP) is 1.81. The lowest BCUT2D eigenvalue weighted by molar-refractivity contribution is 0.154. The zero-order valence-electron chi connectivity index (χ0n) is 7.86. The zero-order chi connectivity index (χ0) is 9.97. The fraction of sp³-hybridized carbons (Fsp3) is 0.500. The van der Waals surface area contributed by atoms with E-state index in [-0.39, 0.29) is 6.10 Å². The van der Waals surface area contributed by atoms with Crippen LogP contribution in [0.4, 0.5) is 5.69 Å². The van der Waals surface area contributed by atoms with Crippen LogP contribution in [0.2, 0.25) is 0 Å². The Hall–Kier alpha value is -0.610. The second-order valence-corrected chi connectivity index (χ2v) is 4.39. The maximum atomic E-state index is 9.54. The number of rotatable bonds is 1. The molecule has 0 bridgehead atoms. The van der Waals surface area contributed by atoms with E-state index in [4.69, 9.17) is 0 Å². The van der Waals surface area contributed by atoms with Crippen LogP contribution in [0.1, 0.15) is 12.8 Å². The number of halogens is 1. The van der Waals surface area contributed by atoms with Crippen LogP contribution in [0, 0.1) is 0 Å². The molecule has 1 atom stereocenters. The Balaban J connectivity index is 2.14. The fourth-order valence-electron chi connectivity index (χ4n) is 1.78. The molecule has 76 valence electrons. The molecule has 1 aliphatic rings. The molecule has 1 aromatic rings. The summed E-state index contributed by atoms with van der Waals surface area (Å²) in [6.07, 6.45) is 3.57. The van der Waals surface area contributed by atoms with Gasteiger partial charge in [-0.25, -0.2) is 4.98 Å². The highest BCUT2D eigenvalue weighted by atomic mass is 79.9. The first kappa shape index (κ1) is 9.93. The fourth-order valence-corrected chi connectivity index (χ4v) is 2.13. The summed E-state index contributed by atoms with van der Waals surface area (Å²) >= 11 is 3.34. The third-order valence-electron chi connectivity index (χ3n) is 2.47. The first-order valence-corrected chi connectivity index (χ1v) is 5.59. The molecule has 2 rings (SSSR count). The van der Waals surface area contributed by atoms with Crippen molar-refractivity contribution >= 4 is 21.6 Å². The zero-order valence-corrected chi connectivity index (χ0v) is 9.44. The molecule has 1 aliphatic heterocycles. The number of aliphatic hydroxyl groups is 1. The Morgan fingerprint density at radius 1 is 1.57 bits per heavy atom. The molecule has 1 saturated heterocycles. The quantitative estimate of drug-likeness (QED) is 0.779. The van der Waals surface area contributed by atoms with Crippen LogP contribution in [0.3, 0.4) is 0 Å². The van der Waals surface area contributed by atoms with Gasteiger partial charge in [-0.1, -0.05) is 0 Å². The summed E-state index contributed by atoms with van der Waals surface area (Å²) in [7, 11) is 0. The molecule has 1 unspecified atom stereocenters. The average Bonchev–Trinajstić information content (AvgIpc) is 2.18. The highest BCUT2D eigenvalue weighted by molar-refractivity contribution is 9.10. The van der Waals surface area contributed by atoms with E-state index in [2.05, 4.69) is 25.8 Å². The monoisotopic (exact) mass is 256 g/mol. The summed E-state index contributed by atoms with van der Waals surface area (Å²) in [6.45, 7) is 1.75. The molecule has 0 aliphatic carbocycles. The van der Waals surface area contributed by atoms with Crippen molar-refractivity contribution in [2.75, 3.05) is 18.0 Å². The van der Waals surface area contributed by atoms with Crippen LogP contribution in [0.25, 0.3) is 0 Å². The third-order valence-corrected chi connectivity index (χ3v) is 2.91. The minimum Gasteiger partial charge on any atom is -0.391 e. The molecule has 1 N–H and O–H groups in total. The summed E-state index contributed by atoms with van der Waals surface area (Å²) in [4.78, 5) is 6.28. The van der Waals surface area contributed by atoms with Gasteiger partial charge in [0.25, 0.3) is 0 Å². The van der Waals surface area contributed by atoms with Crippen molar-refractivity contribution in [1.29, 1.82) is 0 Å². The molecule has 1 aromatic heterocycles. The number of anilines is 1. The van der Waals surface area contributed by atoms with E-state index >= 15 is 0 Å². The van der Waals surface area contributed by atoms with E-state index in [1.807, 2.05) is 12.1 Å². The van der Waals surface area contributed by atoms with Gasteiger partial charge in [0.1, 0.15) is 4.60 Å². The van der Waals surface area contributed by atoms with Crippen molar-refractivity contribution in [3.8, 4) is 0 Å². The van der Waals surface area contributed by atoms with E-state index in [9.17, 15) is 5.11 Å². The number of hydrogen-bond acceptors (Lipinski definition) is 3. The molecule has 0 spiro atoms. The standard InChI is InChI=1S/C10H13BrN2O/c11-10-6-8(3-4-12-10)13-5-1-2-9(14)7-13/h3-4,6,9,14H,1-2,5,7H2. The van der Waals surface area contributed by atoms with Gasteiger partial charge in [-0.3, -0.25) is 0 Å². The molecule has 0 radical (unpaired) electrons. The Morgan fingerprint density at radius 3 is 3.14 bits per heavy atom. The highest BCUT2D eigenvalue weighted by Gasteiger charge is 2.17. The van der Waals surface area contributed by atoms with Gasteiger partial charge in [-0.2, -0.15) is 0 Å². The predicted molar refractivity (Wildman–Crippen MR) is 59.4 cm³/mol. The molecule has 0 amide bonds. The van der Waals surface area contributed by atoms with Gasteiger partial charge in [0.2, 0.25) is 0 Å². The molecule has 14 heavy (non-hydrogen) atoms. The number of aromatic nitrogens is 1. The van der Waals surface area contributed by atoms with Crippen LogP contribution in [0.5, 0.6) is 0 Å².